The molecule has 1 fully saturated rings. The SMILES string of the molecule is CCN(CC)c1cccnc1N1CCN(C(=O)O)CC1. The van der Waals surface area contributed by atoms with Gasteiger partial charge >= 0.3 is 6.09 Å². The summed E-state index contributed by atoms with van der Waals surface area (Å²) in [7, 11) is 0. The first kappa shape index (κ1) is 14.4. The van der Waals surface area contributed by atoms with E-state index in [1.165, 1.54) is 4.90 Å². The third kappa shape index (κ3) is 2.95. The zero-order valence-electron chi connectivity index (χ0n) is 12.1. The van der Waals surface area contributed by atoms with Gasteiger partial charge in [0.15, 0.2) is 5.82 Å². The molecule has 6 nitrogen and oxygen atoms in total. The number of hydrogen-bond donors (Lipinski definition) is 1. The van der Waals surface area contributed by atoms with E-state index in [1.807, 2.05) is 6.07 Å². The molecule has 0 radical (unpaired) electrons. The van der Waals surface area contributed by atoms with Crippen LogP contribution >= 0.6 is 0 Å². The molecule has 1 aromatic rings. The van der Waals surface area contributed by atoms with Crippen LogP contribution in [0.1, 0.15) is 13.8 Å². The summed E-state index contributed by atoms with van der Waals surface area (Å²) < 4.78 is 0. The summed E-state index contributed by atoms with van der Waals surface area (Å²) in [6.07, 6.45) is 0.959. The minimum absolute atomic E-state index is 0.531. The molecule has 1 amide bonds. The number of anilines is 2. The molecule has 0 aromatic carbocycles. The third-order valence-corrected chi connectivity index (χ3v) is 3.72. The van der Waals surface area contributed by atoms with Crippen LogP contribution in [0.25, 0.3) is 0 Å². The highest BCUT2D eigenvalue weighted by atomic mass is 16.4. The highest BCUT2D eigenvalue weighted by molar-refractivity contribution is 5.68. The van der Waals surface area contributed by atoms with E-state index in [9.17, 15) is 4.79 Å². The van der Waals surface area contributed by atoms with E-state index < -0.39 is 6.09 Å². The van der Waals surface area contributed by atoms with Gasteiger partial charge in [-0.15, -0.1) is 0 Å². The van der Waals surface area contributed by atoms with Crippen LogP contribution in [0.5, 0.6) is 0 Å². The van der Waals surface area contributed by atoms with E-state index in [0.717, 1.165) is 24.6 Å². The molecule has 0 saturated carbocycles. The Balaban J connectivity index is 2.15. The summed E-state index contributed by atoms with van der Waals surface area (Å²) >= 11 is 0. The quantitative estimate of drug-likeness (QED) is 0.909. The molecule has 0 spiro atoms. The van der Waals surface area contributed by atoms with E-state index in [0.29, 0.717) is 26.2 Å². The Hall–Kier alpha value is -1.98. The van der Waals surface area contributed by atoms with Crippen LogP contribution in [0.15, 0.2) is 18.3 Å². The minimum Gasteiger partial charge on any atom is -0.465 e. The summed E-state index contributed by atoms with van der Waals surface area (Å²) in [6, 6.07) is 4.03. The fourth-order valence-electron chi connectivity index (χ4n) is 2.55. The topological polar surface area (TPSA) is 59.9 Å². The minimum atomic E-state index is -0.838. The van der Waals surface area contributed by atoms with E-state index in [4.69, 9.17) is 5.11 Å². The summed E-state index contributed by atoms with van der Waals surface area (Å²) in [5.74, 6) is 0.959. The second-order valence-electron chi connectivity index (χ2n) is 4.78. The maximum atomic E-state index is 10.9. The first-order valence-corrected chi connectivity index (χ1v) is 7.10. The molecular weight excluding hydrogens is 256 g/mol. The maximum Gasteiger partial charge on any atom is 0.407 e. The molecule has 0 unspecified atom stereocenters. The number of piperazine rings is 1. The first-order valence-electron chi connectivity index (χ1n) is 7.10. The maximum absolute atomic E-state index is 10.9. The summed E-state index contributed by atoms with van der Waals surface area (Å²) in [4.78, 5) is 21.4. The molecule has 1 N–H and O–H groups in total. The first-order chi connectivity index (χ1) is 9.67. The summed E-state index contributed by atoms with van der Waals surface area (Å²) in [5.41, 5.74) is 1.13. The molecular formula is C14H22N4O2. The van der Waals surface area contributed by atoms with Crippen molar-refractivity contribution in [2.45, 2.75) is 13.8 Å². The Bertz CT molecular complexity index is 454. The average Bonchev–Trinajstić information content (AvgIpc) is 2.49. The van der Waals surface area contributed by atoms with E-state index in [-0.39, 0.29) is 0 Å². The predicted octanol–water partition coefficient (Wildman–Crippen LogP) is 1.73. The number of amides is 1. The second-order valence-corrected chi connectivity index (χ2v) is 4.78. The second kappa shape index (κ2) is 6.45. The lowest BCUT2D eigenvalue weighted by molar-refractivity contribution is 0.142. The molecule has 1 aliphatic heterocycles. The van der Waals surface area contributed by atoms with Crippen molar-refractivity contribution in [2.24, 2.45) is 0 Å². The van der Waals surface area contributed by atoms with Gasteiger partial charge in [0, 0.05) is 45.5 Å². The zero-order valence-corrected chi connectivity index (χ0v) is 12.1. The monoisotopic (exact) mass is 278 g/mol. The Morgan fingerprint density at radius 3 is 2.50 bits per heavy atom. The van der Waals surface area contributed by atoms with E-state index in [1.54, 1.807) is 6.20 Å². The number of pyridine rings is 1. The highest BCUT2D eigenvalue weighted by Crippen LogP contribution is 2.27. The smallest absolute Gasteiger partial charge is 0.407 e. The Morgan fingerprint density at radius 2 is 1.95 bits per heavy atom. The van der Waals surface area contributed by atoms with Gasteiger partial charge in [-0.25, -0.2) is 9.78 Å². The lowest BCUT2D eigenvalue weighted by atomic mass is 10.2. The molecule has 0 aliphatic carbocycles. The van der Waals surface area contributed by atoms with Crippen molar-refractivity contribution in [2.75, 3.05) is 49.1 Å². The molecule has 2 heterocycles. The average molecular weight is 278 g/mol. The van der Waals surface area contributed by atoms with Crippen LogP contribution in [0.3, 0.4) is 0 Å². The van der Waals surface area contributed by atoms with Crippen LogP contribution in [0.4, 0.5) is 16.3 Å². The van der Waals surface area contributed by atoms with Crippen molar-refractivity contribution >= 4 is 17.6 Å². The van der Waals surface area contributed by atoms with Gasteiger partial charge in [-0.2, -0.15) is 0 Å². The standard InChI is InChI=1S/C14H22N4O2/c1-3-16(4-2)12-6-5-7-15-13(12)17-8-10-18(11-9-17)14(19)20/h5-7H,3-4,8-11H2,1-2H3,(H,19,20). The van der Waals surface area contributed by atoms with Gasteiger partial charge in [0.2, 0.25) is 0 Å². The van der Waals surface area contributed by atoms with Crippen molar-refractivity contribution in [3.05, 3.63) is 18.3 Å². The summed E-state index contributed by atoms with van der Waals surface area (Å²) in [5, 5.41) is 9.00. The molecule has 1 saturated heterocycles. The predicted molar refractivity (Wildman–Crippen MR) is 79.6 cm³/mol. The normalized spacial score (nSPS) is 15.3. The van der Waals surface area contributed by atoms with Gasteiger partial charge in [-0.05, 0) is 26.0 Å². The lowest BCUT2D eigenvalue weighted by Gasteiger charge is -2.36. The van der Waals surface area contributed by atoms with Gasteiger partial charge in [0.1, 0.15) is 0 Å². The van der Waals surface area contributed by atoms with Crippen LogP contribution < -0.4 is 9.80 Å². The molecule has 0 bridgehead atoms. The number of nitrogens with zero attached hydrogens (tertiary/aromatic N) is 4. The van der Waals surface area contributed by atoms with Crippen LogP contribution in [0.2, 0.25) is 0 Å². The zero-order chi connectivity index (χ0) is 14.5. The fourth-order valence-corrected chi connectivity index (χ4v) is 2.55. The lowest BCUT2D eigenvalue weighted by Crippen LogP contribution is -2.49. The van der Waals surface area contributed by atoms with Crippen molar-refractivity contribution in [3.8, 4) is 0 Å². The van der Waals surface area contributed by atoms with Crippen molar-refractivity contribution in [1.29, 1.82) is 0 Å². The van der Waals surface area contributed by atoms with Crippen molar-refractivity contribution in [1.82, 2.24) is 9.88 Å². The Kier molecular flexibility index (Phi) is 4.65. The van der Waals surface area contributed by atoms with Gasteiger partial charge in [0.05, 0.1) is 5.69 Å². The van der Waals surface area contributed by atoms with Crippen molar-refractivity contribution < 1.29 is 9.90 Å². The van der Waals surface area contributed by atoms with E-state index >= 15 is 0 Å². The number of rotatable bonds is 4. The van der Waals surface area contributed by atoms with Crippen LogP contribution in [-0.4, -0.2) is 60.4 Å². The van der Waals surface area contributed by atoms with E-state index in [2.05, 4.69) is 34.7 Å². The number of aromatic nitrogens is 1. The van der Waals surface area contributed by atoms with Crippen molar-refractivity contribution in [3.63, 3.8) is 0 Å². The fraction of sp³-hybridized carbons (Fsp3) is 0.571. The Morgan fingerprint density at radius 1 is 1.30 bits per heavy atom. The molecule has 6 heteroatoms. The highest BCUT2D eigenvalue weighted by Gasteiger charge is 2.23. The number of hydrogen-bond acceptors (Lipinski definition) is 4. The number of carboxylic acid groups (broad SMARTS) is 1. The van der Waals surface area contributed by atoms with Gasteiger partial charge in [-0.3, -0.25) is 0 Å². The third-order valence-electron chi connectivity index (χ3n) is 3.72. The van der Waals surface area contributed by atoms with Gasteiger partial charge in [-0.1, -0.05) is 0 Å². The van der Waals surface area contributed by atoms with Gasteiger partial charge < -0.3 is 19.8 Å². The number of carbonyl (C=O) groups is 1. The molecule has 1 aromatic heterocycles. The Labute approximate surface area is 119 Å². The van der Waals surface area contributed by atoms with Crippen LogP contribution in [0, 0.1) is 0 Å². The van der Waals surface area contributed by atoms with Gasteiger partial charge in [0.25, 0.3) is 0 Å². The van der Waals surface area contributed by atoms with Crippen LogP contribution in [-0.2, 0) is 0 Å². The largest absolute Gasteiger partial charge is 0.465 e. The molecule has 20 heavy (non-hydrogen) atoms. The molecule has 0 atom stereocenters. The summed E-state index contributed by atoms with van der Waals surface area (Å²) in [6.45, 7) is 8.57. The molecule has 2 rings (SSSR count). The molecule has 110 valence electrons. The molecule has 1 aliphatic rings.